The Kier molecular flexibility index (Phi) is 4.84. The Labute approximate surface area is 144 Å². The third-order valence-corrected chi connectivity index (χ3v) is 3.88. The Morgan fingerprint density at radius 3 is 2.44 bits per heavy atom. The lowest BCUT2D eigenvalue weighted by Gasteiger charge is -2.00. The van der Waals surface area contributed by atoms with Crippen LogP contribution in [0.25, 0.3) is 18.0 Å². The van der Waals surface area contributed by atoms with Crippen LogP contribution in [0.5, 0.6) is 0 Å². The number of aromatic nitrogens is 2. The predicted octanol–water partition coefficient (Wildman–Crippen LogP) is 2.65. The van der Waals surface area contributed by atoms with Gasteiger partial charge in [0.15, 0.2) is 0 Å². The van der Waals surface area contributed by atoms with Crippen LogP contribution in [0.15, 0.2) is 53.3 Å². The van der Waals surface area contributed by atoms with Gasteiger partial charge in [-0.05, 0) is 49.7 Å². The van der Waals surface area contributed by atoms with E-state index in [1.54, 1.807) is 18.3 Å². The molecule has 0 aliphatic heterocycles. The summed E-state index contributed by atoms with van der Waals surface area (Å²) in [5.74, 6) is -0.337. The molecule has 25 heavy (non-hydrogen) atoms. The second kappa shape index (κ2) is 7.21. The lowest BCUT2D eigenvalue weighted by molar-refractivity contribution is 0.627. The Morgan fingerprint density at radius 1 is 1.12 bits per heavy atom. The zero-order chi connectivity index (χ0) is 17.8. The normalized spacial score (nSPS) is 12.6. The zero-order valence-electron chi connectivity index (χ0n) is 14.2. The molecule has 0 unspecified atom stereocenters. The standard InChI is InChI=1S/C20H20FN3O/c1-3-4-19-18(13-22-16-9-5-14(2)6-10-16)20(25)24(23-19)17-11-7-15(21)8-12-17/h4-13,22-23H,3H2,1-2H3. The van der Waals surface area contributed by atoms with Crippen molar-refractivity contribution in [2.45, 2.75) is 20.3 Å². The molecular weight excluding hydrogens is 317 g/mol. The fourth-order valence-corrected chi connectivity index (χ4v) is 2.54. The summed E-state index contributed by atoms with van der Waals surface area (Å²) < 4.78 is 14.5. The van der Waals surface area contributed by atoms with Crippen LogP contribution in [0.3, 0.4) is 0 Å². The lowest BCUT2D eigenvalue weighted by atomic mass is 10.2. The zero-order valence-corrected chi connectivity index (χ0v) is 14.2. The van der Waals surface area contributed by atoms with E-state index in [0.717, 1.165) is 17.5 Å². The average Bonchev–Trinajstić information content (AvgIpc) is 2.91. The molecule has 2 N–H and O–H groups in total. The molecule has 0 saturated heterocycles. The molecular formula is C20H20FN3O. The van der Waals surface area contributed by atoms with Crippen molar-refractivity contribution in [2.24, 2.45) is 0 Å². The van der Waals surface area contributed by atoms with Crippen LogP contribution in [0.1, 0.15) is 18.9 Å². The number of aryl methyl sites for hydroxylation is 1. The van der Waals surface area contributed by atoms with E-state index in [9.17, 15) is 9.18 Å². The summed E-state index contributed by atoms with van der Waals surface area (Å²) in [6, 6.07) is 13.7. The summed E-state index contributed by atoms with van der Waals surface area (Å²) in [6.07, 6.45) is 4.43. The Bertz CT molecular complexity index is 1030. The molecule has 0 aliphatic carbocycles. The Hall–Kier alpha value is -3.08. The van der Waals surface area contributed by atoms with E-state index in [-0.39, 0.29) is 11.4 Å². The molecule has 128 valence electrons. The molecule has 4 nitrogen and oxygen atoms in total. The van der Waals surface area contributed by atoms with Gasteiger partial charge in [0, 0.05) is 11.9 Å². The van der Waals surface area contributed by atoms with Crippen molar-refractivity contribution in [2.75, 3.05) is 5.32 Å². The number of aromatic amines is 1. The van der Waals surface area contributed by atoms with Crippen molar-refractivity contribution < 1.29 is 4.39 Å². The fourth-order valence-electron chi connectivity index (χ4n) is 2.54. The van der Waals surface area contributed by atoms with E-state index in [2.05, 4.69) is 10.4 Å². The second-order valence-corrected chi connectivity index (χ2v) is 5.82. The molecule has 0 saturated carbocycles. The molecule has 0 fully saturated rings. The number of nitrogens with one attached hydrogen (secondary N) is 2. The van der Waals surface area contributed by atoms with Crippen LogP contribution < -0.4 is 21.4 Å². The van der Waals surface area contributed by atoms with Gasteiger partial charge in [-0.1, -0.05) is 30.7 Å². The number of rotatable bonds is 4. The molecule has 0 atom stereocenters. The number of nitrogens with zero attached hydrogens (tertiary/aromatic N) is 1. The quantitative estimate of drug-likeness (QED) is 0.769. The summed E-state index contributed by atoms with van der Waals surface area (Å²) in [4.78, 5) is 12.8. The van der Waals surface area contributed by atoms with E-state index >= 15 is 0 Å². The van der Waals surface area contributed by atoms with E-state index < -0.39 is 0 Å². The van der Waals surface area contributed by atoms with Gasteiger partial charge >= 0.3 is 0 Å². The minimum absolute atomic E-state index is 0.189. The Balaban J connectivity index is 2.07. The summed E-state index contributed by atoms with van der Waals surface area (Å²) in [5.41, 5.74) is 2.48. The molecule has 2 aromatic carbocycles. The maximum Gasteiger partial charge on any atom is 0.280 e. The summed E-state index contributed by atoms with van der Waals surface area (Å²) in [7, 11) is 0. The highest BCUT2D eigenvalue weighted by Crippen LogP contribution is 2.08. The highest BCUT2D eigenvalue weighted by atomic mass is 19.1. The first-order chi connectivity index (χ1) is 12.1. The van der Waals surface area contributed by atoms with Crippen molar-refractivity contribution >= 4 is 18.0 Å². The highest BCUT2D eigenvalue weighted by Gasteiger charge is 2.05. The maximum absolute atomic E-state index is 13.1. The molecule has 0 aliphatic rings. The van der Waals surface area contributed by atoms with Crippen molar-refractivity contribution in [3.63, 3.8) is 0 Å². The van der Waals surface area contributed by atoms with Gasteiger partial charge in [-0.15, -0.1) is 0 Å². The SMILES string of the molecule is CCC=c1[nH]n(-c2ccc(F)cc2)c(=O)c1=CNc1ccc(C)cc1. The van der Waals surface area contributed by atoms with Gasteiger partial charge in [-0.3, -0.25) is 9.89 Å². The number of benzene rings is 2. The molecule has 1 heterocycles. The smallest absolute Gasteiger partial charge is 0.280 e. The largest absolute Gasteiger partial charge is 0.361 e. The monoisotopic (exact) mass is 337 g/mol. The van der Waals surface area contributed by atoms with Crippen molar-refractivity contribution in [1.29, 1.82) is 0 Å². The number of hydrogen-bond acceptors (Lipinski definition) is 2. The van der Waals surface area contributed by atoms with Gasteiger partial charge in [0.2, 0.25) is 0 Å². The summed E-state index contributed by atoms with van der Waals surface area (Å²) in [6.45, 7) is 4.03. The van der Waals surface area contributed by atoms with Crippen molar-refractivity contribution in [3.8, 4) is 5.69 Å². The van der Waals surface area contributed by atoms with Crippen LogP contribution in [0.2, 0.25) is 0 Å². The topological polar surface area (TPSA) is 49.8 Å². The molecule has 0 spiro atoms. The van der Waals surface area contributed by atoms with Crippen LogP contribution in [0.4, 0.5) is 10.1 Å². The van der Waals surface area contributed by atoms with Crippen LogP contribution >= 0.6 is 0 Å². The first-order valence-electron chi connectivity index (χ1n) is 8.19. The van der Waals surface area contributed by atoms with E-state index in [4.69, 9.17) is 0 Å². The fraction of sp³-hybridized carbons (Fsp3) is 0.150. The van der Waals surface area contributed by atoms with Gasteiger partial charge in [-0.2, -0.15) is 0 Å². The summed E-state index contributed by atoms with van der Waals surface area (Å²) in [5, 5.41) is 7.52. The van der Waals surface area contributed by atoms with Gasteiger partial charge < -0.3 is 5.32 Å². The van der Waals surface area contributed by atoms with Crippen molar-refractivity contribution in [3.05, 3.63) is 80.8 Å². The van der Waals surface area contributed by atoms with Crippen LogP contribution in [-0.4, -0.2) is 9.78 Å². The third kappa shape index (κ3) is 3.71. The molecule has 1 aromatic heterocycles. The van der Waals surface area contributed by atoms with E-state index in [1.807, 2.05) is 44.2 Å². The lowest BCUT2D eigenvalue weighted by Crippen LogP contribution is -2.35. The van der Waals surface area contributed by atoms with Crippen LogP contribution in [-0.2, 0) is 0 Å². The summed E-state index contributed by atoms with van der Waals surface area (Å²) >= 11 is 0. The van der Waals surface area contributed by atoms with Crippen LogP contribution in [0, 0.1) is 12.7 Å². The predicted molar refractivity (Wildman–Crippen MR) is 99.6 cm³/mol. The molecule has 0 amide bonds. The van der Waals surface area contributed by atoms with E-state index in [0.29, 0.717) is 10.9 Å². The van der Waals surface area contributed by atoms with Gasteiger partial charge in [0.05, 0.1) is 16.3 Å². The average molecular weight is 337 g/mol. The highest BCUT2D eigenvalue weighted by molar-refractivity contribution is 5.55. The number of anilines is 1. The Morgan fingerprint density at radius 2 is 1.80 bits per heavy atom. The molecule has 5 heteroatoms. The maximum atomic E-state index is 13.1. The molecule has 3 aromatic rings. The molecule has 0 radical (unpaired) electrons. The van der Waals surface area contributed by atoms with Gasteiger partial charge in [-0.25, -0.2) is 9.07 Å². The van der Waals surface area contributed by atoms with Gasteiger partial charge in [0.25, 0.3) is 5.56 Å². The van der Waals surface area contributed by atoms with Gasteiger partial charge in [0.1, 0.15) is 5.82 Å². The minimum atomic E-state index is -0.337. The minimum Gasteiger partial charge on any atom is -0.361 e. The molecule has 0 bridgehead atoms. The third-order valence-electron chi connectivity index (χ3n) is 3.88. The number of H-pyrrole nitrogens is 1. The number of hydrogen-bond donors (Lipinski definition) is 2. The van der Waals surface area contributed by atoms with E-state index in [1.165, 1.54) is 22.4 Å². The first-order valence-corrected chi connectivity index (χ1v) is 8.19. The molecule has 3 rings (SSSR count). The number of halogens is 1. The second-order valence-electron chi connectivity index (χ2n) is 5.82. The first kappa shape index (κ1) is 16.8. The van der Waals surface area contributed by atoms with Crippen molar-refractivity contribution in [1.82, 2.24) is 9.78 Å².